The molecule has 0 saturated carbocycles. The van der Waals surface area contributed by atoms with Gasteiger partial charge in [-0.15, -0.1) is 0 Å². The number of aromatic nitrogens is 4. The van der Waals surface area contributed by atoms with Gasteiger partial charge in [0, 0.05) is 10.8 Å². The van der Waals surface area contributed by atoms with Gasteiger partial charge in [0.2, 0.25) is 0 Å². The van der Waals surface area contributed by atoms with Crippen molar-refractivity contribution in [3.8, 4) is 0 Å². The van der Waals surface area contributed by atoms with Gasteiger partial charge in [0.25, 0.3) is 0 Å². The van der Waals surface area contributed by atoms with Crippen LogP contribution in [0.4, 0.5) is 5.82 Å². The minimum Gasteiger partial charge on any atom is -0.382 e. The van der Waals surface area contributed by atoms with Crippen molar-refractivity contribution in [3.63, 3.8) is 0 Å². The molecule has 0 saturated heterocycles. The van der Waals surface area contributed by atoms with Crippen LogP contribution in [-0.4, -0.2) is 25.3 Å². The predicted octanol–water partition coefficient (Wildman–Crippen LogP) is 3.21. The van der Waals surface area contributed by atoms with Crippen molar-refractivity contribution < 1.29 is 0 Å². The van der Waals surface area contributed by atoms with E-state index < -0.39 is 0 Å². The molecule has 0 fully saturated rings. The molecule has 0 bridgehead atoms. The van der Waals surface area contributed by atoms with Crippen molar-refractivity contribution in [2.45, 2.75) is 32.0 Å². The third-order valence-corrected chi connectivity index (χ3v) is 5.11. The first-order chi connectivity index (χ1) is 11.5. The normalized spacial score (nSPS) is 11.3. The zero-order chi connectivity index (χ0) is 17.3. The van der Waals surface area contributed by atoms with E-state index in [1.807, 2.05) is 25.1 Å². The number of fused-ring (bicyclic) bond motifs is 1. The number of imidazole rings is 1. The highest BCUT2D eigenvalue weighted by atomic mass is 35.5. The summed E-state index contributed by atoms with van der Waals surface area (Å²) in [7, 11) is 0. The lowest BCUT2D eigenvalue weighted by Gasteiger charge is -2.07. The summed E-state index contributed by atoms with van der Waals surface area (Å²) >= 11 is 7.59. The standard InChI is InChI=1S/C16H18ClN5OS/c1-3-6-24-15-20-13(18)12-14(21-15)22(16(23)19-12)8-10-4-5-11(17)9(2)7-10/h4-5,7H,3,6,8H2,1-2H3,(H,19,23)(H2,18,20,21). The molecule has 0 aliphatic carbocycles. The SMILES string of the molecule is CCCSc1nc(N)c2[nH]c(=O)n(Cc3ccc(Cl)c(C)c3)c2n1. The molecular formula is C16H18ClN5OS. The van der Waals surface area contributed by atoms with Gasteiger partial charge in [0.05, 0.1) is 6.54 Å². The topological polar surface area (TPSA) is 89.6 Å². The maximum absolute atomic E-state index is 12.3. The summed E-state index contributed by atoms with van der Waals surface area (Å²) in [5.41, 5.74) is 8.67. The van der Waals surface area contributed by atoms with Gasteiger partial charge in [0.1, 0.15) is 5.52 Å². The van der Waals surface area contributed by atoms with Crippen LogP contribution < -0.4 is 11.4 Å². The number of nitrogen functional groups attached to an aromatic ring is 1. The average Bonchev–Trinajstić information content (AvgIpc) is 2.86. The van der Waals surface area contributed by atoms with E-state index in [9.17, 15) is 4.79 Å². The van der Waals surface area contributed by atoms with E-state index in [1.165, 1.54) is 11.8 Å². The second-order valence-corrected chi connectivity index (χ2v) is 7.01. The molecule has 0 amide bonds. The predicted molar refractivity (Wildman–Crippen MR) is 98.9 cm³/mol. The average molecular weight is 364 g/mol. The molecule has 0 radical (unpaired) electrons. The highest BCUT2D eigenvalue weighted by Gasteiger charge is 2.14. The summed E-state index contributed by atoms with van der Waals surface area (Å²) in [5.74, 6) is 1.19. The third-order valence-electron chi connectivity index (χ3n) is 3.63. The fraction of sp³-hybridized carbons (Fsp3) is 0.312. The fourth-order valence-corrected chi connectivity index (χ4v) is 3.24. The number of halogens is 1. The molecule has 0 aliphatic heterocycles. The number of nitrogens with one attached hydrogen (secondary N) is 1. The van der Waals surface area contributed by atoms with E-state index in [0.29, 0.717) is 33.7 Å². The summed E-state index contributed by atoms with van der Waals surface area (Å²) in [6.07, 6.45) is 1.01. The Morgan fingerprint density at radius 2 is 2.17 bits per heavy atom. The molecule has 8 heteroatoms. The van der Waals surface area contributed by atoms with Gasteiger partial charge in [-0.2, -0.15) is 0 Å². The maximum atomic E-state index is 12.3. The second kappa shape index (κ2) is 6.86. The Bertz CT molecular complexity index is 950. The lowest BCUT2D eigenvalue weighted by molar-refractivity contribution is 0.770. The zero-order valence-electron chi connectivity index (χ0n) is 13.5. The van der Waals surface area contributed by atoms with Crippen molar-refractivity contribution in [2.24, 2.45) is 0 Å². The number of nitrogens with zero attached hydrogens (tertiary/aromatic N) is 3. The van der Waals surface area contributed by atoms with Crippen LogP contribution in [0.5, 0.6) is 0 Å². The summed E-state index contributed by atoms with van der Waals surface area (Å²) < 4.78 is 1.58. The van der Waals surface area contributed by atoms with Crippen LogP contribution in [0.1, 0.15) is 24.5 Å². The van der Waals surface area contributed by atoms with Crippen molar-refractivity contribution >= 4 is 40.3 Å². The van der Waals surface area contributed by atoms with E-state index in [4.69, 9.17) is 17.3 Å². The van der Waals surface area contributed by atoms with Crippen LogP contribution in [0.25, 0.3) is 11.2 Å². The van der Waals surface area contributed by atoms with Crippen LogP contribution in [0.15, 0.2) is 28.2 Å². The molecule has 0 unspecified atom stereocenters. The van der Waals surface area contributed by atoms with Crippen LogP contribution in [0, 0.1) is 6.92 Å². The van der Waals surface area contributed by atoms with E-state index >= 15 is 0 Å². The number of H-pyrrole nitrogens is 1. The first-order valence-electron chi connectivity index (χ1n) is 7.63. The van der Waals surface area contributed by atoms with Gasteiger partial charge in [0.15, 0.2) is 16.6 Å². The number of anilines is 1. The summed E-state index contributed by atoms with van der Waals surface area (Å²) in [6.45, 7) is 4.42. The molecule has 126 valence electrons. The lowest BCUT2D eigenvalue weighted by atomic mass is 10.1. The van der Waals surface area contributed by atoms with Crippen molar-refractivity contribution in [1.29, 1.82) is 0 Å². The fourth-order valence-electron chi connectivity index (χ4n) is 2.42. The van der Waals surface area contributed by atoms with Gasteiger partial charge >= 0.3 is 5.69 Å². The molecule has 2 aromatic heterocycles. The monoisotopic (exact) mass is 363 g/mol. The number of hydrogen-bond acceptors (Lipinski definition) is 5. The van der Waals surface area contributed by atoms with E-state index in [2.05, 4.69) is 21.9 Å². The summed E-state index contributed by atoms with van der Waals surface area (Å²) in [6, 6.07) is 5.70. The Hall–Kier alpha value is -1.99. The number of aryl methyl sites for hydroxylation is 1. The number of rotatable bonds is 5. The van der Waals surface area contributed by atoms with Gasteiger partial charge in [-0.3, -0.25) is 4.57 Å². The maximum Gasteiger partial charge on any atom is 0.328 e. The minimum atomic E-state index is -0.253. The molecule has 0 spiro atoms. The molecule has 3 aromatic rings. The van der Waals surface area contributed by atoms with E-state index in [0.717, 1.165) is 23.3 Å². The quantitative estimate of drug-likeness (QED) is 0.536. The number of thioether (sulfide) groups is 1. The Morgan fingerprint density at radius 3 is 2.88 bits per heavy atom. The first-order valence-corrected chi connectivity index (χ1v) is 8.99. The number of hydrogen-bond donors (Lipinski definition) is 2. The second-order valence-electron chi connectivity index (χ2n) is 5.54. The van der Waals surface area contributed by atoms with Crippen LogP contribution in [-0.2, 0) is 6.54 Å². The van der Waals surface area contributed by atoms with Crippen LogP contribution in [0.2, 0.25) is 5.02 Å². The Balaban J connectivity index is 2.05. The minimum absolute atomic E-state index is 0.253. The molecule has 0 atom stereocenters. The summed E-state index contributed by atoms with van der Waals surface area (Å²) in [5, 5.41) is 1.29. The van der Waals surface area contributed by atoms with Crippen LogP contribution >= 0.6 is 23.4 Å². The van der Waals surface area contributed by atoms with Gasteiger partial charge in [-0.25, -0.2) is 14.8 Å². The summed E-state index contributed by atoms with van der Waals surface area (Å²) in [4.78, 5) is 23.8. The van der Waals surface area contributed by atoms with Crippen molar-refractivity contribution in [3.05, 3.63) is 44.8 Å². The van der Waals surface area contributed by atoms with Gasteiger partial charge in [-0.1, -0.05) is 42.4 Å². The molecule has 1 aromatic carbocycles. The Morgan fingerprint density at radius 1 is 1.38 bits per heavy atom. The smallest absolute Gasteiger partial charge is 0.328 e. The van der Waals surface area contributed by atoms with E-state index in [-0.39, 0.29) is 5.69 Å². The first kappa shape index (κ1) is 16.9. The molecule has 2 heterocycles. The lowest BCUT2D eigenvalue weighted by Crippen LogP contribution is -2.17. The van der Waals surface area contributed by atoms with Crippen molar-refractivity contribution in [2.75, 3.05) is 11.5 Å². The van der Waals surface area contributed by atoms with Gasteiger partial charge < -0.3 is 10.7 Å². The third kappa shape index (κ3) is 3.27. The molecule has 3 rings (SSSR count). The zero-order valence-corrected chi connectivity index (χ0v) is 15.0. The van der Waals surface area contributed by atoms with Crippen LogP contribution in [0.3, 0.4) is 0 Å². The molecular weight excluding hydrogens is 346 g/mol. The van der Waals surface area contributed by atoms with E-state index in [1.54, 1.807) is 4.57 Å². The number of aromatic amines is 1. The highest BCUT2D eigenvalue weighted by molar-refractivity contribution is 7.99. The number of benzene rings is 1. The molecule has 24 heavy (non-hydrogen) atoms. The Kier molecular flexibility index (Phi) is 4.82. The Labute approximate surface area is 148 Å². The molecule has 3 N–H and O–H groups in total. The highest BCUT2D eigenvalue weighted by Crippen LogP contribution is 2.22. The molecule has 0 aliphatic rings. The number of nitrogens with two attached hydrogens (primary N) is 1. The van der Waals surface area contributed by atoms with Gasteiger partial charge in [-0.05, 0) is 30.5 Å². The van der Waals surface area contributed by atoms with Crippen molar-refractivity contribution in [1.82, 2.24) is 19.5 Å². The largest absolute Gasteiger partial charge is 0.382 e. The molecule has 6 nitrogen and oxygen atoms in total.